The summed E-state index contributed by atoms with van der Waals surface area (Å²) in [5, 5.41) is 6.34. The second-order valence-electron chi connectivity index (χ2n) is 5.91. The first-order chi connectivity index (χ1) is 9.42. The molecule has 1 atom stereocenters. The predicted octanol–water partition coefficient (Wildman–Crippen LogP) is 3.10. The number of piperidine rings is 1. The van der Waals surface area contributed by atoms with Crippen LogP contribution in [-0.2, 0) is 0 Å². The zero-order valence-electron chi connectivity index (χ0n) is 11.8. The molecule has 1 heterocycles. The monoisotopic (exact) mass is 342 g/mol. The number of hydrogen-bond acceptors (Lipinski definition) is 2. The predicted molar refractivity (Wildman–Crippen MR) is 81.2 cm³/mol. The van der Waals surface area contributed by atoms with Gasteiger partial charge in [-0.1, -0.05) is 19.9 Å². The highest BCUT2D eigenvalue weighted by Crippen LogP contribution is 2.29. The fourth-order valence-corrected chi connectivity index (χ4v) is 3.03. The molecule has 20 heavy (non-hydrogen) atoms. The third kappa shape index (κ3) is 3.38. The van der Waals surface area contributed by atoms with Gasteiger partial charge in [0.25, 0.3) is 5.91 Å². The van der Waals surface area contributed by atoms with Gasteiger partial charge in [-0.05, 0) is 52.9 Å². The van der Waals surface area contributed by atoms with Crippen molar-refractivity contribution in [2.45, 2.75) is 32.7 Å². The number of rotatable bonds is 3. The van der Waals surface area contributed by atoms with Gasteiger partial charge in [-0.2, -0.15) is 0 Å². The maximum absolute atomic E-state index is 13.4. The van der Waals surface area contributed by atoms with E-state index < -0.39 is 5.82 Å². The number of carbonyl (C=O) groups is 1. The van der Waals surface area contributed by atoms with Crippen LogP contribution in [0.4, 0.5) is 4.39 Å². The summed E-state index contributed by atoms with van der Waals surface area (Å²) in [5.74, 6) is -0.673. The van der Waals surface area contributed by atoms with Crippen LogP contribution < -0.4 is 10.6 Å². The molecule has 1 aliphatic heterocycles. The van der Waals surface area contributed by atoms with Crippen molar-refractivity contribution >= 4 is 21.8 Å². The van der Waals surface area contributed by atoms with Crippen LogP contribution >= 0.6 is 15.9 Å². The highest BCUT2D eigenvalue weighted by Gasteiger charge is 2.32. The van der Waals surface area contributed by atoms with Crippen molar-refractivity contribution in [3.63, 3.8) is 0 Å². The molecule has 0 aliphatic carbocycles. The van der Waals surface area contributed by atoms with Gasteiger partial charge >= 0.3 is 0 Å². The average molecular weight is 343 g/mol. The van der Waals surface area contributed by atoms with Gasteiger partial charge in [0.2, 0.25) is 0 Å². The summed E-state index contributed by atoms with van der Waals surface area (Å²) in [6, 6.07) is 4.72. The Morgan fingerprint density at radius 3 is 3.00 bits per heavy atom. The molecule has 0 aromatic heterocycles. The molecule has 1 aromatic rings. The highest BCUT2D eigenvalue weighted by molar-refractivity contribution is 9.10. The molecule has 2 rings (SSSR count). The van der Waals surface area contributed by atoms with Gasteiger partial charge < -0.3 is 10.6 Å². The van der Waals surface area contributed by atoms with Gasteiger partial charge in [-0.25, -0.2) is 4.39 Å². The maximum atomic E-state index is 13.4. The summed E-state index contributed by atoms with van der Waals surface area (Å²) in [6.07, 6.45) is 2.30. The molecule has 110 valence electrons. The fourth-order valence-electron chi connectivity index (χ4n) is 2.59. The molecule has 1 aromatic carbocycles. The molecule has 0 spiro atoms. The summed E-state index contributed by atoms with van der Waals surface area (Å²) >= 11 is 3.12. The van der Waals surface area contributed by atoms with E-state index in [0.29, 0.717) is 12.1 Å². The quantitative estimate of drug-likeness (QED) is 0.886. The van der Waals surface area contributed by atoms with Crippen LogP contribution in [0.15, 0.2) is 22.7 Å². The number of nitrogens with one attached hydrogen (secondary N) is 2. The number of carbonyl (C=O) groups excluding carboxylic acids is 1. The van der Waals surface area contributed by atoms with Crippen molar-refractivity contribution in [1.82, 2.24) is 10.6 Å². The van der Waals surface area contributed by atoms with Crippen LogP contribution in [0, 0.1) is 11.2 Å². The average Bonchev–Trinajstić information content (AvgIpc) is 2.40. The van der Waals surface area contributed by atoms with Crippen LogP contribution in [0.25, 0.3) is 0 Å². The first-order valence-corrected chi connectivity index (χ1v) is 7.67. The van der Waals surface area contributed by atoms with Crippen molar-refractivity contribution in [1.29, 1.82) is 0 Å². The topological polar surface area (TPSA) is 41.1 Å². The van der Waals surface area contributed by atoms with E-state index in [1.54, 1.807) is 6.07 Å². The molecule has 1 aliphatic rings. The molecule has 0 radical (unpaired) electrons. The Balaban J connectivity index is 2.00. The van der Waals surface area contributed by atoms with Gasteiger partial charge in [0.1, 0.15) is 5.82 Å². The highest BCUT2D eigenvalue weighted by atomic mass is 79.9. The van der Waals surface area contributed by atoms with Gasteiger partial charge in [0.15, 0.2) is 0 Å². The van der Waals surface area contributed by atoms with E-state index in [1.165, 1.54) is 12.1 Å². The molecule has 5 heteroatoms. The van der Waals surface area contributed by atoms with E-state index in [9.17, 15) is 9.18 Å². The molecular formula is C15H20BrFN2O. The Hall–Kier alpha value is -0.940. The standard InChI is InChI=1S/C15H20BrFN2O/c1-15(2)7-4-8-18-12(15)9-19-14(20)10-5-3-6-11(17)13(10)16/h3,5-6,12,18H,4,7-9H2,1-2H3,(H,19,20). The second kappa shape index (κ2) is 6.22. The summed E-state index contributed by atoms with van der Waals surface area (Å²) in [7, 11) is 0. The zero-order chi connectivity index (χ0) is 14.8. The Kier molecular flexibility index (Phi) is 4.81. The van der Waals surface area contributed by atoms with Gasteiger partial charge in [0, 0.05) is 12.6 Å². The zero-order valence-corrected chi connectivity index (χ0v) is 13.4. The molecule has 0 saturated carbocycles. The summed E-state index contributed by atoms with van der Waals surface area (Å²) in [6.45, 7) is 5.94. The number of halogens is 2. The molecular weight excluding hydrogens is 323 g/mol. The Morgan fingerprint density at radius 2 is 2.30 bits per heavy atom. The van der Waals surface area contributed by atoms with E-state index in [4.69, 9.17) is 0 Å². The normalized spacial score (nSPS) is 21.5. The van der Waals surface area contributed by atoms with Gasteiger partial charge in [-0.15, -0.1) is 0 Å². The Morgan fingerprint density at radius 1 is 1.55 bits per heavy atom. The molecule has 1 saturated heterocycles. The Bertz CT molecular complexity index is 505. The van der Waals surface area contributed by atoms with Gasteiger partial charge in [-0.3, -0.25) is 4.79 Å². The van der Waals surface area contributed by atoms with E-state index in [1.807, 2.05) is 0 Å². The smallest absolute Gasteiger partial charge is 0.252 e. The van der Waals surface area contributed by atoms with Crippen molar-refractivity contribution < 1.29 is 9.18 Å². The molecule has 1 fully saturated rings. The Labute approximate surface area is 127 Å². The van der Waals surface area contributed by atoms with Crippen molar-refractivity contribution in [2.24, 2.45) is 5.41 Å². The maximum Gasteiger partial charge on any atom is 0.252 e. The molecule has 1 amide bonds. The molecule has 0 bridgehead atoms. The third-order valence-electron chi connectivity index (χ3n) is 3.99. The SMILES string of the molecule is CC1(C)CCCNC1CNC(=O)c1cccc(F)c1Br. The fraction of sp³-hybridized carbons (Fsp3) is 0.533. The van der Waals surface area contributed by atoms with E-state index in [0.717, 1.165) is 19.4 Å². The van der Waals surface area contributed by atoms with E-state index in [-0.39, 0.29) is 21.8 Å². The molecule has 2 N–H and O–H groups in total. The lowest BCUT2D eigenvalue weighted by atomic mass is 9.77. The summed E-state index contributed by atoms with van der Waals surface area (Å²) in [5.41, 5.74) is 0.489. The van der Waals surface area contributed by atoms with Crippen LogP contribution in [-0.4, -0.2) is 25.0 Å². The summed E-state index contributed by atoms with van der Waals surface area (Å²) < 4.78 is 13.6. The van der Waals surface area contributed by atoms with E-state index in [2.05, 4.69) is 40.4 Å². The minimum atomic E-state index is -0.422. The van der Waals surface area contributed by atoms with Crippen molar-refractivity contribution in [2.75, 3.05) is 13.1 Å². The van der Waals surface area contributed by atoms with Gasteiger partial charge in [0.05, 0.1) is 10.0 Å². The first kappa shape index (κ1) is 15.4. The number of amides is 1. The van der Waals surface area contributed by atoms with E-state index >= 15 is 0 Å². The van der Waals surface area contributed by atoms with Crippen molar-refractivity contribution in [3.8, 4) is 0 Å². The lowest BCUT2D eigenvalue weighted by Gasteiger charge is -2.39. The summed E-state index contributed by atoms with van der Waals surface area (Å²) in [4.78, 5) is 12.1. The minimum Gasteiger partial charge on any atom is -0.350 e. The first-order valence-electron chi connectivity index (χ1n) is 6.87. The van der Waals surface area contributed by atoms with Crippen LogP contribution in [0.5, 0.6) is 0 Å². The third-order valence-corrected chi connectivity index (χ3v) is 4.80. The van der Waals surface area contributed by atoms with Crippen molar-refractivity contribution in [3.05, 3.63) is 34.1 Å². The lowest BCUT2D eigenvalue weighted by Crippen LogP contribution is -2.52. The largest absolute Gasteiger partial charge is 0.350 e. The number of benzene rings is 1. The molecule has 3 nitrogen and oxygen atoms in total. The number of hydrogen-bond donors (Lipinski definition) is 2. The second-order valence-corrected chi connectivity index (χ2v) is 6.70. The van der Waals surface area contributed by atoms with Crippen LogP contribution in [0.3, 0.4) is 0 Å². The molecule has 1 unspecified atom stereocenters. The van der Waals surface area contributed by atoms with Crippen LogP contribution in [0.2, 0.25) is 0 Å². The lowest BCUT2D eigenvalue weighted by molar-refractivity contribution is 0.0927. The van der Waals surface area contributed by atoms with Crippen LogP contribution in [0.1, 0.15) is 37.0 Å². The minimum absolute atomic E-state index is 0.157.